The minimum Gasteiger partial charge on any atom is -0.357 e. The molecular weight excluding hydrogens is 486 g/mol. The average molecular weight is 509 g/mol. The number of guanidine groups is 1. The first-order valence-electron chi connectivity index (χ1n) is 8.42. The van der Waals surface area contributed by atoms with Crippen LogP contribution in [0.1, 0.15) is 30.6 Å². The molecule has 0 saturated carbocycles. The fraction of sp³-hybridized carbons (Fsp3) is 0.471. The quantitative estimate of drug-likeness (QED) is 0.379. The van der Waals surface area contributed by atoms with Gasteiger partial charge in [0.05, 0.1) is 10.0 Å². The Balaban J connectivity index is 0.00000243. The van der Waals surface area contributed by atoms with E-state index in [1.54, 1.807) is 0 Å². The van der Waals surface area contributed by atoms with Crippen molar-refractivity contribution < 1.29 is 0 Å². The smallest absolute Gasteiger partial charge is 0.194 e. The second-order valence-corrected chi connectivity index (χ2v) is 6.88. The highest BCUT2D eigenvalue weighted by Gasteiger charge is 2.17. The van der Waals surface area contributed by atoms with E-state index in [9.17, 15) is 0 Å². The van der Waals surface area contributed by atoms with Crippen molar-refractivity contribution in [2.24, 2.45) is 4.99 Å². The van der Waals surface area contributed by atoms with E-state index in [4.69, 9.17) is 28.2 Å². The first-order chi connectivity index (χ1) is 12.1. The van der Waals surface area contributed by atoms with Gasteiger partial charge < -0.3 is 14.8 Å². The van der Waals surface area contributed by atoms with Crippen molar-refractivity contribution in [2.45, 2.75) is 39.4 Å². The zero-order valence-corrected chi connectivity index (χ0v) is 18.7. The Bertz CT molecular complexity index is 777. The number of halogens is 3. The molecule has 9 heteroatoms. The summed E-state index contributed by atoms with van der Waals surface area (Å²) >= 11 is 12.1. The van der Waals surface area contributed by atoms with Crippen molar-refractivity contribution in [3.63, 3.8) is 0 Å². The van der Waals surface area contributed by atoms with Crippen molar-refractivity contribution in [2.75, 3.05) is 13.6 Å². The molecule has 1 aliphatic heterocycles. The lowest BCUT2D eigenvalue weighted by Crippen LogP contribution is -2.38. The maximum absolute atomic E-state index is 6.11. The van der Waals surface area contributed by atoms with Gasteiger partial charge in [-0.15, -0.1) is 34.2 Å². The van der Waals surface area contributed by atoms with Gasteiger partial charge in [0.25, 0.3) is 0 Å². The molecule has 2 aromatic rings. The standard InChI is InChI=1S/C17H22Cl2N6.HI/c1-3-20-17(21-10-16-23-22-15-5-4-8-25(15)16)24(2)11-12-6-7-13(18)14(19)9-12;/h6-7,9H,3-5,8,10-11H2,1-2H3,(H,20,21);1H. The van der Waals surface area contributed by atoms with Gasteiger partial charge in [-0.3, -0.25) is 0 Å². The lowest BCUT2D eigenvalue weighted by molar-refractivity contribution is 0.476. The highest BCUT2D eigenvalue weighted by Crippen LogP contribution is 2.23. The van der Waals surface area contributed by atoms with Crippen molar-refractivity contribution in [3.8, 4) is 0 Å². The van der Waals surface area contributed by atoms with E-state index < -0.39 is 0 Å². The van der Waals surface area contributed by atoms with E-state index in [2.05, 4.69) is 31.9 Å². The molecule has 0 spiro atoms. The summed E-state index contributed by atoms with van der Waals surface area (Å²) in [5.41, 5.74) is 1.07. The van der Waals surface area contributed by atoms with Gasteiger partial charge in [0.15, 0.2) is 11.8 Å². The van der Waals surface area contributed by atoms with E-state index in [1.165, 1.54) is 0 Å². The van der Waals surface area contributed by atoms with Gasteiger partial charge in [-0.2, -0.15) is 0 Å². The van der Waals surface area contributed by atoms with Gasteiger partial charge in [0.2, 0.25) is 0 Å². The highest BCUT2D eigenvalue weighted by molar-refractivity contribution is 14.0. The summed E-state index contributed by atoms with van der Waals surface area (Å²) in [6, 6.07) is 5.67. The summed E-state index contributed by atoms with van der Waals surface area (Å²) in [5.74, 6) is 2.81. The zero-order chi connectivity index (χ0) is 17.8. The molecule has 0 unspecified atom stereocenters. The molecule has 0 atom stereocenters. The Labute approximate surface area is 181 Å². The van der Waals surface area contributed by atoms with Crippen molar-refractivity contribution in [3.05, 3.63) is 45.5 Å². The molecule has 1 aromatic heterocycles. The van der Waals surface area contributed by atoms with Crippen LogP contribution in [0.25, 0.3) is 0 Å². The lowest BCUT2D eigenvalue weighted by atomic mass is 10.2. The average Bonchev–Trinajstić information content (AvgIpc) is 3.19. The van der Waals surface area contributed by atoms with Crippen LogP contribution in [0.2, 0.25) is 10.0 Å². The van der Waals surface area contributed by atoms with Gasteiger partial charge in [0.1, 0.15) is 12.4 Å². The Kier molecular flexibility index (Phi) is 7.97. The van der Waals surface area contributed by atoms with Crippen molar-refractivity contribution >= 4 is 53.1 Å². The third-order valence-electron chi connectivity index (χ3n) is 4.16. The van der Waals surface area contributed by atoms with Crippen LogP contribution in [-0.4, -0.2) is 39.2 Å². The van der Waals surface area contributed by atoms with Gasteiger partial charge >= 0.3 is 0 Å². The van der Waals surface area contributed by atoms with Crippen LogP contribution in [0.4, 0.5) is 0 Å². The second kappa shape index (κ2) is 9.75. The summed E-state index contributed by atoms with van der Waals surface area (Å²) < 4.78 is 2.17. The van der Waals surface area contributed by atoms with E-state index >= 15 is 0 Å². The molecule has 142 valence electrons. The van der Waals surface area contributed by atoms with Crippen LogP contribution in [0, 0.1) is 0 Å². The van der Waals surface area contributed by atoms with Crippen LogP contribution in [0.5, 0.6) is 0 Å². The number of rotatable bonds is 5. The third kappa shape index (κ3) is 5.01. The number of aryl methyl sites for hydroxylation is 1. The maximum Gasteiger partial charge on any atom is 0.194 e. The highest BCUT2D eigenvalue weighted by atomic mass is 127. The van der Waals surface area contributed by atoms with Crippen LogP contribution < -0.4 is 5.32 Å². The van der Waals surface area contributed by atoms with Gasteiger partial charge in [-0.25, -0.2) is 4.99 Å². The molecule has 0 radical (unpaired) electrons. The molecular formula is C17H23Cl2IN6. The summed E-state index contributed by atoms with van der Waals surface area (Å²) in [7, 11) is 2.00. The molecule has 0 fully saturated rings. The molecule has 2 heterocycles. The summed E-state index contributed by atoms with van der Waals surface area (Å²) in [4.78, 5) is 6.78. The first-order valence-corrected chi connectivity index (χ1v) is 9.18. The summed E-state index contributed by atoms with van der Waals surface area (Å²) in [6.45, 7) is 5.03. The number of aliphatic imine (C=N–C) groups is 1. The van der Waals surface area contributed by atoms with E-state index in [-0.39, 0.29) is 24.0 Å². The van der Waals surface area contributed by atoms with Crippen LogP contribution >= 0.6 is 47.2 Å². The predicted octanol–water partition coefficient (Wildman–Crippen LogP) is 3.75. The largest absolute Gasteiger partial charge is 0.357 e. The minimum absolute atomic E-state index is 0. The fourth-order valence-electron chi connectivity index (χ4n) is 2.93. The molecule has 1 N–H and O–H groups in total. The van der Waals surface area contributed by atoms with Gasteiger partial charge in [-0.05, 0) is 31.0 Å². The molecule has 0 bridgehead atoms. The van der Waals surface area contributed by atoms with E-state index in [0.717, 1.165) is 49.1 Å². The van der Waals surface area contributed by atoms with Crippen LogP contribution in [-0.2, 0) is 26.1 Å². The molecule has 0 amide bonds. The van der Waals surface area contributed by atoms with Gasteiger partial charge in [-0.1, -0.05) is 29.3 Å². The Hall–Kier alpha value is -1.06. The summed E-state index contributed by atoms with van der Waals surface area (Å²) in [6.07, 6.45) is 2.15. The first kappa shape index (κ1) is 21.2. The lowest BCUT2D eigenvalue weighted by Gasteiger charge is -2.22. The molecule has 6 nitrogen and oxygen atoms in total. The number of hydrogen-bond donors (Lipinski definition) is 1. The topological polar surface area (TPSA) is 58.3 Å². The predicted molar refractivity (Wildman–Crippen MR) is 117 cm³/mol. The number of fused-ring (bicyclic) bond motifs is 1. The Morgan fingerprint density at radius 1 is 1.31 bits per heavy atom. The fourth-order valence-corrected chi connectivity index (χ4v) is 3.25. The second-order valence-electron chi connectivity index (χ2n) is 6.06. The monoisotopic (exact) mass is 508 g/mol. The van der Waals surface area contributed by atoms with Crippen LogP contribution in [0.3, 0.4) is 0 Å². The molecule has 26 heavy (non-hydrogen) atoms. The number of nitrogens with zero attached hydrogens (tertiary/aromatic N) is 5. The van der Waals surface area contributed by atoms with Crippen LogP contribution in [0.15, 0.2) is 23.2 Å². The third-order valence-corrected chi connectivity index (χ3v) is 4.90. The molecule has 0 saturated heterocycles. The van der Waals surface area contributed by atoms with Gasteiger partial charge in [0, 0.05) is 33.1 Å². The molecule has 1 aromatic carbocycles. The minimum atomic E-state index is 0. The molecule has 3 rings (SSSR count). The number of hydrogen-bond acceptors (Lipinski definition) is 3. The van der Waals surface area contributed by atoms with Crippen molar-refractivity contribution in [1.29, 1.82) is 0 Å². The number of aromatic nitrogens is 3. The molecule has 1 aliphatic rings. The maximum atomic E-state index is 6.11. The van der Waals surface area contributed by atoms with E-state index in [1.807, 2.05) is 25.2 Å². The zero-order valence-electron chi connectivity index (χ0n) is 14.9. The molecule has 0 aliphatic carbocycles. The Morgan fingerprint density at radius 2 is 2.12 bits per heavy atom. The van der Waals surface area contributed by atoms with E-state index in [0.29, 0.717) is 23.1 Å². The summed E-state index contributed by atoms with van der Waals surface area (Å²) in [5, 5.41) is 12.9. The normalized spacial score (nSPS) is 13.3. The van der Waals surface area contributed by atoms with Crippen molar-refractivity contribution in [1.82, 2.24) is 25.0 Å². The Morgan fingerprint density at radius 3 is 2.85 bits per heavy atom. The SMILES string of the molecule is CCNC(=NCc1nnc2n1CCC2)N(C)Cc1ccc(Cl)c(Cl)c1.I. The number of nitrogens with one attached hydrogen (secondary N) is 1. The number of benzene rings is 1.